The molecule has 0 aromatic heterocycles. The Hall–Kier alpha value is -1.04. The highest BCUT2D eigenvalue weighted by Crippen LogP contribution is 1.52. The lowest BCUT2D eigenvalue weighted by molar-refractivity contribution is -0.302. The van der Waals surface area contributed by atoms with Gasteiger partial charge in [-0.05, 0) is 6.92 Å². The zero-order valence-corrected chi connectivity index (χ0v) is 5.05. The molecule has 0 saturated carbocycles. The Bertz CT molecular complexity index is 89.1. The van der Waals surface area contributed by atoms with Crippen LogP contribution in [0, 0.1) is 6.57 Å². The van der Waals surface area contributed by atoms with Crippen LogP contribution in [0.2, 0.25) is 0 Å². The van der Waals surface area contributed by atoms with Crippen molar-refractivity contribution in [2.75, 3.05) is 6.54 Å². The van der Waals surface area contributed by atoms with E-state index >= 15 is 0 Å². The van der Waals surface area contributed by atoms with E-state index in [1.807, 2.05) is 6.92 Å². The molecule has 0 aliphatic heterocycles. The number of nitrogens with zero attached hydrogens (tertiary/aromatic N) is 1. The van der Waals surface area contributed by atoms with Crippen molar-refractivity contribution >= 4 is 5.97 Å². The summed E-state index contributed by atoms with van der Waals surface area (Å²) in [4.78, 5) is 12.1. The van der Waals surface area contributed by atoms with Crippen LogP contribution >= 0.6 is 0 Å². The van der Waals surface area contributed by atoms with E-state index in [1.165, 1.54) is 0 Å². The Balaban J connectivity index is 0. The lowest BCUT2D eigenvalue weighted by atomic mass is 10.8. The lowest BCUT2D eigenvalue weighted by Gasteiger charge is -1.77. The first kappa shape index (κ1) is 10.0. The average Bonchev–Trinajstić information content (AvgIpc) is 1.65. The molecule has 0 rings (SSSR count). The molecule has 0 unspecified atom stereocenters. The number of carbonyl (C=O) groups excluding carboxylic acids is 1. The van der Waals surface area contributed by atoms with Gasteiger partial charge in [0.1, 0.15) is 0 Å². The molecule has 8 heavy (non-hydrogen) atoms. The molecular weight excluding hydrogens is 106 g/mol. The second kappa shape index (κ2) is 9.35. The highest BCUT2D eigenvalue weighted by Gasteiger charge is 1.59. The maximum absolute atomic E-state index is 8.89. The summed E-state index contributed by atoms with van der Waals surface area (Å²) < 4.78 is 0. The van der Waals surface area contributed by atoms with Crippen LogP contribution in [0.3, 0.4) is 0 Å². The summed E-state index contributed by atoms with van der Waals surface area (Å²) >= 11 is 0. The smallest absolute Gasteiger partial charge is 0.260 e. The normalized spacial score (nSPS) is 5.62. The fraction of sp³-hybridized carbons (Fsp3) is 0.600. The van der Waals surface area contributed by atoms with E-state index in [0.29, 0.717) is 0 Å². The van der Waals surface area contributed by atoms with Crippen molar-refractivity contribution in [1.82, 2.24) is 0 Å². The zero-order valence-electron chi connectivity index (χ0n) is 5.05. The van der Waals surface area contributed by atoms with Gasteiger partial charge in [0.25, 0.3) is 13.1 Å². The molecule has 0 aliphatic rings. The van der Waals surface area contributed by atoms with Gasteiger partial charge in [0.15, 0.2) is 0 Å². The predicted molar refractivity (Wildman–Crippen MR) is 29.5 cm³/mol. The van der Waals surface area contributed by atoms with Crippen LogP contribution < -0.4 is 5.11 Å². The fourth-order valence-corrected chi connectivity index (χ4v) is 0. The standard InChI is InChI=1S/C3H6N.C2H4O2/c1-3-4-2;1-2(3)4/h2H,3H2,1H3;1H3,(H,3,4)/q+1;/p-1. The molecule has 0 amide bonds. The third-order valence-electron chi connectivity index (χ3n) is 0.183. The molecular formula is C5H9NO2. The zero-order chi connectivity index (χ0) is 6.99. The Morgan fingerprint density at radius 1 is 1.88 bits per heavy atom. The van der Waals surface area contributed by atoms with Crippen molar-refractivity contribution in [2.24, 2.45) is 0 Å². The van der Waals surface area contributed by atoms with Crippen molar-refractivity contribution in [1.29, 1.82) is 0 Å². The van der Waals surface area contributed by atoms with Crippen LogP contribution in [-0.2, 0) is 4.79 Å². The Morgan fingerprint density at radius 3 is 2.00 bits per heavy atom. The summed E-state index contributed by atoms with van der Waals surface area (Å²) in [5, 5.41) is 8.89. The number of carboxylic acids is 1. The average molecular weight is 115 g/mol. The van der Waals surface area contributed by atoms with Crippen molar-refractivity contribution in [2.45, 2.75) is 13.8 Å². The molecule has 0 radical (unpaired) electrons. The van der Waals surface area contributed by atoms with E-state index in [9.17, 15) is 0 Å². The summed E-state index contributed by atoms with van der Waals surface area (Å²) in [5.74, 6) is -1.08. The third-order valence-corrected chi connectivity index (χ3v) is 0.183. The van der Waals surface area contributed by atoms with Crippen molar-refractivity contribution < 1.29 is 9.90 Å². The Labute approximate surface area is 48.8 Å². The summed E-state index contributed by atoms with van der Waals surface area (Å²) in [7, 11) is 0. The molecule has 0 fully saturated rings. The van der Waals surface area contributed by atoms with E-state index in [-0.39, 0.29) is 0 Å². The SMILES string of the molecule is C#[N+]CC.CC(=O)[O-]. The molecule has 0 heterocycles. The number of hydrogen-bond acceptors (Lipinski definition) is 2. The van der Waals surface area contributed by atoms with Gasteiger partial charge < -0.3 is 9.90 Å². The van der Waals surface area contributed by atoms with Gasteiger partial charge in [-0.2, -0.15) is 0 Å². The topological polar surface area (TPSA) is 44.5 Å². The minimum Gasteiger partial charge on any atom is -0.550 e. The van der Waals surface area contributed by atoms with Gasteiger partial charge >= 0.3 is 0 Å². The van der Waals surface area contributed by atoms with Crippen molar-refractivity contribution in [3.05, 3.63) is 4.85 Å². The molecule has 0 saturated heterocycles. The van der Waals surface area contributed by atoms with Gasteiger partial charge in [0, 0.05) is 12.9 Å². The molecule has 0 aliphatic carbocycles. The largest absolute Gasteiger partial charge is 0.550 e. The maximum Gasteiger partial charge on any atom is 0.260 e. The van der Waals surface area contributed by atoms with Gasteiger partial charge in [-0.25, -0.2) is 0 Å². The second-order valence-electron chi connectivity index (χ2n) is 0.990. The number of hydrogen-bond donors (Lipinski definition) is 0. The predicted octanol–water partition coefficient (Wildman–Crippen LogP) is -0.275. The van der Waals surface area contributed by atoms with E-state index in [2.05, 4.69) is 11.4 Å². The van der Waals surface area contributed by atoms with Gasteiger partial charge in [0.2, 0.25) is 0 Å². The van der Waals surface area contributed by atoms with E-state index in [1.54, 1.807) is 0 Å². The van der Waals surface area contributed by atoms with E-state index in [0.717, 1.165) is 13.5 Å². The minimum atomic E-state index is -1.08. The number of rotatable bonds is 0. The van der Waals surface area contributed by atoms with Gasteiger partial charge in [-0.15, -0.1) is 0 Å². The van der Waals surface area contributed by atoms with Gasteiger partial charge in [-0.3, -0.25) is 0 Å². The molecule has 0 aromatic carbocycles. The number of aliphatic carboxylic acids is 1. The first-order chi connectivity index (χ1) is 3.65. The molecule has 46 valence electrons. The molecule has 0 bridgehead atoms. The van der Waals surface area contributed by atoms with Crippen LogP contribution in [0.15, 0.2) is 0 Å². The van der Waals surface area contributed by atoms with Crippen molar-refractivity contribution in [3.8, 4) is 6.57 Å². The van der Waals surface area contributed by atoms with Crippen molar-refractivity contribution in [3.63, 3.8) is 0 Å². The monoisotopic (exact) mass is 115 g/mol. The molecule has 3 nitrogen and oxygen atoms in total. The number of carbonyl (C=O) groups is 1. The van der Waals surface area contributed by atoms with E-state index in [4.69, 9.17) is 9.90 Å². The van der Waals surface area contributed by atoms with Gasteiger partial charge in [0.05, 0.1) is 0 Å². The summed E-state index contributed by atoms with van der Waals surface area (Å²) in [6.07, 6.45) is 0. The summed E-state index contributed by atoms with van der Waals surface area (Å²) in [6, 6.07) is 0. The highest BCUT2D eigenvalue weighted by molar-refractivity contribution is 5.60. The van der Waals surface area contributed by atoms with Crippen LogP contribution in [-0.4, -0.2) is 12.5 Å². The summed E-state index contributed by atoms with van der Waals surface area (Å²) in [6.45, 7) is 8.24. The minimum absolute atomic E-state index is 0.722. The number of carboxylic acid groups (broad SMARTS) is 1. The first-order valence-corrected chi connectivity index (χ1v) is 2.19. The molecule has 0 aromatic rings. The third kappa shape index (κ3) is 48600. The van der Waals surface area contributed by atoms with Gasteiger partial charge in [-0.1, -0.05) is 4.85 Å². The fourth-order valence-electron chi connectivity index (χ4n) is 0. The van der Waals surface area contributed by atoms with Crippen LogP contribution in [0.4, 0.5) is 0 Å². The molecule has 0 spiro atoms. The van der Waals surface area contributed by atoms with Crippen LogP contribution in [0.25, 0.3) is 4.85 Å². The molecule has 0 N–H and O–H groups in total. The van der Waals surface area contributed by atoms with Crippen LogP contribution in [0.5, 0.6) is 0 Å². The molecule has 0 atom stereocenters. The lowest BCUT2D eigenvalue weighted by Crippen LogP contribution is -2.16. The van der Waals surface area contributed by atoms with Crippen LogP contribution in [0.1, 0.15) is 13.8 Å². The quantitative estimate of drug-likeness (QED) is 0.436. The maximum atomic E-state index is 8.89. The first-order valence-electron chi connectivity index (χ1n) is 2.19. The Morgan fingerprint density at radius 2 is 2.00 bits per heavy atom. The van der Waals surface area contributed by atoms with E-state index < -0.39 is 5.97 Å². The molecule has 3 heteroatoms. The summed E-state index contributed by atoms with van der Waals surface area (Å²) in [5.41, 5.74) is 0. The highest BCUT2D eigenvalue weighted by atomic mass is 16.4. The second-order valence-corrected chi connectivity index (χ2v) is 0.990. The Kier molecular flexibility index (Phi) is 11.7.